The summed E-state index contributed by atoms with van der Waals surface area (Å²) in [4.78, 5) is 64.3. The van der Waals surface area contributed by atoms with Gasteiger partial charge in [-0.2, -0.15) is 0 Å². The maximum atomic E-state index is 13.2. The minimum Gasteiger partial charge on any atom is -0.458 e. The lowest BCUT2D eigenvalue weighted by Gasteiger charge is -2.42. The minimum absolute atomic E-state index is 0.209. The molecule has 0 radical (unpaired) electrons. The van der Waals surface area contributed by atoms with Crippen LogP contribution in [-0.2, 0) is 33.4 Å². The number of allylic oxidation sites excluding steroid dienone is 2. The molecule has 8 heteroatoms. The molecule has 1 fully saturated rings. The molecule has 0 amide bonds. The highest BCUT2D eigenvalue weighted by molar-refractivity contribution is 6.09. The third-order valence-electron chi connectivity index (χ3n) is 7.68. The first kappa shape index (κ1) is 30.0. The van der Waals surface area contributed by atoms with Crippen LogP contribution in [-0.4, -0.2) is 47.3 Å². The Morgan fingerprint density at radius 3 is 2.18 bits per heavy atom. The number of rotatable bonds is 4. The summed E-state index contributed by atoms with van der Waals surface area (Å²) < 4.78 is 18.0. The number of ether oxygens (including phenoxy) is 3. The molecule has 0 heterocycles. The van der Waals surface area contributed by atoms with Crippen molar-refractivity contribution in [2.75, 3.05) is 0 Å². The van der Waals surface area contributed by atoms with Gasteiger partial charge in [-0.25, -0.2) is 4.79 Å². The van der Waals surface area contributed by atoms with Crippen LogP contribution in [0.25, 0.3) is 0 Å². The number of carbonyl (C=O) groups is 5. The highest BCUT2D eigenvalue weighted by atomic mass is 16.6. The Morgan fingerprint density at radius 2 is 1.59 bits per heavy atom. The normalized spacial score (nSPS) is 30.7. The lowest BCUT2D eigenvalue weighted by atomic mass is 9.75. The molecule has 2 aliphatic rings. The summed E-state index contributed by atoms with van der Waals surface area (Å²) in [5, 5.41) is 0. The van der Waals surface area contributed by atoms with Crippen molar-refractivity contribution in [1.29, 1.82) is 0 Å². The lowest BCUT2D eigenvalue weighted by molar-refractivity contribution is -0.195. The van der Waals surface area contributed by atoms with Crippen molar-refractivity contribution in [2.24, 2.45) is 23.2 Å². The molecule has 2 aliphatic carbocycles. The van der Waals surface area contributed by atoms with Gasteiger partial charge in [0.1, 0.15) is 18.0 Å². The topological polar surface area (TPSA) is 113 Å². The number of hydrogen-bond acceptors (Lipinski definition) is 8. The van der Waals surface area contributed by atoms with Crippen molar-refractivity contribution in [3.63, 3.8) is 0 Å². The van der Waals surface area contributed by atoms with Crippen molar-refractivity contribution in [1.82, 2.24) is 0 Å². The molecule has 0 aliphatic heterocycles. The quantitative estimate of drug-likeness (QED) is 0.232. The second-order valence-electron chi connectivity index (χ2n) is 11.3. The third kappa shape index (κ3) is 6.54. The SMILES string of the molecule is CC(=O)O[C@@H]1[C@H](C)C=CC(C)(C)C(=O)CC(=O)C(C)=C[C@H]2[C@@H](OC(=O)c3ccccc3)[C@H](C)C[C@]12OC(C)=O. The summed E-state index contributed by atoms with van der Waals surface area (Å²) in [6.45, 7) is 11.2. The summed E-state index contributed by atoms with van der Waals surface area (Å²) in [7, 11) is 0. The van der Waals surface area contributed by atoms with E-state index in [0.717, 1.165) is 0 Å². The first-order valence-electron chi connectivity index (χ1n) is 13.2. The van der Waals surface area contributed by atoms with Crippen molar-refractivity contribution in [3.8, 4) is 0 Å². The van der Waals surface area contributed by atoms with Gasteiger partial charge >= 0.3 is 17.9 Å². The molecule has 1 aromatic rings. The van der Waals surface area contributed by atoms with E-state index in [-0.39, 0.29) is 35.9 Å². The number of ketones is 2. The summed E-state index contributed by atoms with van der Waals surface area (Å²) in [6.07, 6.45) is 3.17. The Labute approximate surface area is 229 Å². The lowest BCUT2D eigenvalue weighted by Crippen LogP contribution is -2.55. The Morgan fingerprint density at radius 1 is 0.949 bits per heavy atom. The summed E-state index contributed by atoms with van der Waals surface area (Å²) in [5.41, 5.74) is -1.78. The van der Waals surface area contributed by atoms with Gasteiger partial charge in [0, 0.05) is 25.2 Å². The van der Waals surface area contributed by atoms with Gasteiger partial charge in [0.15, 0.2) is 11.4 Å². The molecule has 8 nitrogen and oxygen atoms in total. The summed E-state index contributed by atoms with van der Waals surface area (Å²) >= 11 is 0. The second-order valence-corrected chi connectivity index (χ2v) is 11.3. The number of carbonyl (C=O) groups excluding carboxylic acids is 5. The van der Waals surface area contributed by atoms with Crippen LogP contribution in [0.3, 0.4) is 0 Å². The molecule has 0 unspecified atom stereocenters. The molecular formula is C31H38O8. The molecule has 210 valence electrons. The fraction of sp³-hybridized carbons (Fsp3) is 0.516. The molecule has 6 atom stereocenters. The van der Waals surface area contributed by atoms with Crippen LogP contribution in [0.1, 0.15) is 71.7 Å². The van der Waals surface area contributed by atoms with Crippen LogP contribution in [0.4, 0.5) is 0 Å². The molecule has 1 aromatic carbocycles. The van der Waals surface area contributed by atoms with Crippen LogP contribution in [0.2, 0.25) is 0 Å². The predicted molar refractivity (Wildman–Crippen MR) is 143 cm³/mol. The highest BCUT2D eigenvalue weighted by Gasteiger charge is 2.62. The molecule has 0 saturated heterocycles. The standard InChI is InChI=1S/C31H38O8/c1-18-13-14-30(6,7)26(35)16-25(34)19(2)15-24-27(38-29(36)23-11-9-8-10-12-23)20(3)17-31(24,39-22(5)33)28(18)37-21(4)32/h8-15,18,20,24,27-28H,16-17H2,1-7H3/t18-,20-,24+,27+,28-,31-/m1/s1. The largest absolute Gasteiger partial charge is 0.458 e. The van der Waals surface area contributed by atoms with Gasteiger partial charge < -0.3 is 14.2 Å². The van der Waals surface area contributed by atoms with E-state index in [0.29, 0.717) is 5.56 Å². The molecule has 0 aromatic heterocycles. The number of esters is 3. The molecule has 0 N–H and O–H groups in total. The van der Waals surface area contributed by atoms with Gasteiger partial charge in [-0.05, 0) is 50.8 Å². The predicted octanol–water partition coefficient (Wildman–Crippen LogP) is 4.81. The van der Waals surface area contributed by atoms with E-state index in [2.05, 4.69) is 0 Å². The molecule has 1 saturated carbocycles. The van der Waals surface area contributed by atoms with E-state index in [4.69, 9.17) is 14.2 Å². The fourth-order valence-electron chi connectivity index (χ4n) is 5.61. The van der Waals surface area contributed by atoms with Gasteiger partial charge in [-0.3, -0.25) is 19.2 Å². The van der Waals surface area contributed by atoms with Crippen molar-refractivity contribution < 1.29 is 38.2 Å². The van der Waals surface area contributed by atoms with Gasteiger partial charge in [-0.15, -0.1) is 0 Å². The minimum atomic E-state index is -1.45. The number of Topliss-reactive ketones (excluding diaryl/α,β-unsaturated/α-hetero) is 2. The number of hydrogen-bond donors (Lipinski definition) is 0. The van der Waals surface area contributed by atoms with Gasteiger partial charge in [0.25, 0.3) is 0 Å². The molecule has 3 rings (SSSR count). The van der Waals surface area contributed by atoms with Gasteiger partial charge in [-0.1, -0.05) is 50.3 Å². The van der Waals surface area contributed by atoms with Crippen molar-refractivity contribution >= 4 is 29.5 Å². The number of benzene rings is 1. The molecule has 39 heavy (non-hydrogen) atoms. The van der Waals surface area contributed by atoms with Gasteiger partial charge in [0.05, 0.1) is 17.9 Å². The molecular weight excluding hydrogens is 500 g/mol. The third-order valence-corrected chi connectivity index (χ3v) is 7.68. The van der Waals surface area contributed by atoms with Crippen LogP contribution >= 0.6 is 0 Å². The average molecular weight is 539 g/mol. The summed E-state index contributed by atoms with van der Waals surface area (Å²) in [5.74, 6) is -4.06. The monoisotopic (exact) mass is 538 g/mol. The van der Waals surface area contributed by atoms with E-state index in [1.165, 1.54) is 13.8 Å². The maximum Gasteiger partial charge on any atom is 0.338 e. The summed E-state index contributed by atoms with van der Waals surface area (Å²) in [6, 6.07) is 8.50. The molecule has 0 bridgehead atoms. The Balaban J connectivity index is 2.24. The van der Waals surface area contributed by atoms with Crippen LogP contribution in [0.5, 0.6) is 0 Å². The zero-order chi connectivity index (χ0) is 29.1. The van der Waals surface area contributed by atoms with Crippen molar-refractivity contribution in [2.45, 2.75) is 79.1 Å². The van der Waals surface area contributed by atoms with Crippen LogP contribution < -0.4 is 0 Å². The van der Waals surface area contributed by atoms with Crippen LogP contribution in [0, 0.1) is 23.2 Å². The van der Waals surface area contributed by atoms with E-state index in [1.807, 2.05) is 13.8 Å². The first-order chi connectivity index (χ1) is 18.2. The van der Waals surface area contributed by atoms with Crippen molar-refractivity contribution in [3.05, 3.63) is 59.7 Å². The highest BCUT2D eigenvalue weighted by Crippen LogP contribution is 2.50. The zero-order valence-corrected chi connectivity index (χ0v) is 23.7. The number of fused-ring (bicyclic) bond motifs is 1. The molecule has 0 spiro atoms. The van der Waals surface area contributed by atoms with E-state index >= 15 is 0 Å². The zero-order valence-electron chi connectivity index (χ0n) is 23.7. The maximum absolute atomic E-state index is 13.2. The van der Waals surface area contributed by atoms with E-state index in [1.54, 1.807) is 69.3 Å². The second kappa shape index (κ2) is 11.7. The average Bonchev–Trinajstić information content (AvgIpc) is 3.10. The Hall–Kier alpha value is -3.55. The Kier molecular flexibility index (Phi) is 8.98. The van der Waals surface area contributed by atoms with Gasteiger partial charge in [0.2, 0.25) is 0 Å². The van der Waals surface area contributed by atoms with Crippen LogP contribution in [0.15, 0.2) is 54.1 Å². The van der Waals surface area contributed by atoms with E-state index < -0.39 is 53.0 Å². The fourth-order valence-corrected chi connectivity index (χ4v) is 5.61. The smallest absolute Gasteiger partial charge is 0.338 e. The van der Waals surface area contributed by atoms with E-state index in [9.17, 15) is 24.0 Å². The first-order valence-corrected chi connectivity index (χ1v) is 13.2. The Bertz CT molecular complexity index is 1190.